The van der Waals surface area contributed by atoms with Gasteiger partial charge in [-0.05, 0) is 43.9 Å². The summed E-state index contributed by atoms with van der Waals surface area (Å²) >= 11 is 0. The number of nitrogens with zero attached hydrogens (tertiary/aromatic N) is 4. The molecular formula is C20H25N5O2. The summed E-state index contributed by atoms with van der Waals surface area (Å²) < 4.78 is 1.48. The van der Waals surface area contributed by atoms with Crippen molar-refractivity contribution >= 4 is 6.03 Å². The number of hydrogen-bond donors (Lipinski definition) is 1. The summed E-state index contributed by atoms with van der Waals surface area (Å²) in [5.41, 5.74) is 1.43. The minimum Gasteiger partial charge on any atom is -0.335 e. The quantitative estimate of drug-likeness (QED) is 0.900. The van der Waals surface area contributed by atoms with Gasteiger partial charge < -0.3 is 10.2 Å². The van der Waals surface area contributed by atoms with E-state index >= 15 is 0 Å². The number of carbonyl (C=O) groups is 1. The van der Waals surface area contributed by atoms with Crippen molar-refractivity contribution in [2.75, 3.05) is 6.54 Å². The van der Waals surface area contributed by atoms with Crippen molar-refractivity contribution in [3.05, 3.63) is 47.0 Å². The normalized spacial score (nSPS) is 20.1. The van der Waals surface area contributed by atoms with Crippen molar-refractivity contribution in [2.24, 2.45) is 0 Å². The van der Waals surface area contributed by atoms with Gasteiger partial charge in [-0.2, -0.15) is 5.10 Å². The lowest BCUT2D eigenvalue weighted by atomic mass is 10.2. The molecule has 1 aliphatic heterocycles. The lowest BCUT2D eigenvalue weighted by molar-refractivity contribution is 0.181. The molecule has 2 aromatic heterocycles. The first-order valence-corrected chi connectivity index (χ1v) is 9.76. The second-order valence-electron chi connectivity index (χ2n) is 7.40. The summed E-state index contributed by atoms with van der Waals surface area (Å²) in [6.07, 6.45) is 9.80. The van der Waals surface area contributed by atoms with Gasteiger partial charge in [-0.3, -0.25) is 9.78 Å². The van der Waals surface area contributed by atoms with Crippen LogP contribution in [0, 0.1) is 0 Å². The first-order chi connectivity index (χ1) is 13.2. The molecule has 27 heavy (non-hydrogen) atoms. The molecule has 1 saturated heterocycles. The van der Waals surface area contributed by atoms with Crippen LogP contribution in [0.3, 0.4) is 0 Å². The second kappa shape index (κ2) is 7.90. The van der Waals surface area contributed by atoms with E-state index < -0.39 is 0 Å². The molecule has 1 atom stereocenters. The Labute approximate surface area is 158 Å². The summed E-state index contributed by atoms with van der Waals surface area (Å²) in [5.74, 6) is 0. The molecule has 7 heteroatoms. The Morgan fingerprint density at radius 2 is 2.00 bits per heavy atom. The fourth-order valence-corrected chi connectivity index (χ4v) is 4.07. The van der Waals surface area contributed by atoms with Crippen molar-refractivity contribution in [1.82, 2.24) is 25.0 Å². The molecule has 1 aliphatic carbocycles. The highest BCUT2D eigenvalue weighted by Crippen LogP contribution is 2.22. The van der Waals surface area contributed by atoms with Crippen LogP contribution < -0.4 is 10.9 Å². The number of hydrogen-bond acceptors (Lipinski definition) is 4. The molecule has 1 saturated carbocycles. The highest BCUT2D eigenvalue weighted by atomic mass is 16.2. The molecule has 0 radical (unpaired) electrons. The van der Waals surface area contributed by atoms with E-state index in [4.69, 9.17) is 0 Å². The minimum atomic E-state index is -0.148. The van der Waals surface area contributed by atoms with Gasteiger partial charge in [0.05, 0.1) is 18.3 Å². The van der Waals surface area contributed by atoms with Gasteiger partial charge in [-0.15, -0.1) is 0 Å². The number of urea groups is 1. The van der Waals surface area contributed by atoms with Crippen molar-refractivity contribution in [3.63, 3.8) is 0 Å². The maximum atomic E-state index is 12.7. The predicted molar refractivity (Wildman–Crippen MR) is 102 cm³/mol. The molecule has 3 heterocycles. The van der Waals surface area contributed by atoms with Crippen LogP contribution in [0.5, 0.6) is 0 Å². The lowest BCUT2D eigenvalue weighted by Gasteiger charge is -2.27. The molecule has 142 valence electrons. The third kappa shape index (κ3) is 4.02. The van der Waals surface area contributed by atoms with Gasteiger partial charge in [0.15, 0.2) is 0 Å². The molecule has 2 amide bonds. The summed E-state index contributed by atoms with van der Waals surface area (Å²) in [6, 6.07) is 7.32. The average Bonchev–Trinajstić information content (AvgIpc) is 3.36. The first-order valence-electron chi connectivity index (χ1n) is 9.76. The molecule has 0 bridgehead atoms. The van der Waals surface area contributed by atoms with E-state index in [-0.39, 0.29) is 17.6 Å². The Hall–Kier alpha value is -2.70. The van der Waals surface area contributed by atoms with Crippen molar-refractivity contribution in [1.29, 1.82) is 0 Å². The zero-order valence-electron chi connectivity index (χ0n) is 15.4. The van der Waals surface area contributed by atoms with Crippen LogP contribution in [0.15, 0.2) is 41.5 Å². The van der Waals surface area contributed by atoms with Crippen LogP contribution in [0.1, 0.15) is 38.5 Å². The Morgan fingerprint density at radius 1 is 1.15 bits per heavy atom. The standard InChI is InChI=1S/C20H25N5O2/c26-19-10-9-18(15-5-3-11-21-13-15)23-25(19)14-17-8-4-12-24(17)20(27)22-16-6-1-2-7-16/h3,5,9-11,13,16-17H,1-2,4,6-8,12,14H2,(H,22,27). The summed E-state index contributed by atoms with van der Waals surface area (Å²) in [6.45, 7) is 1.16. The lowest BCUT2D eigenvalue weighted by Crippen LogP contribution is -2.48. The average molecular weight is 367 g/mol. The maximum absolute atomic E-state index is 12.7. The van der Waals surface area contributed by atoms with Crippen molar-refractivity contribution in [3.8, 4) is 11.3 Å². The third-order valence-corrected chi connectivity index (χ3v) is 5.53. The Bertz CT molecular complexity index is 845. The zero-order valence-corrected chi connectivity index (χ0v) is 15.4. The van der Waals surface area contributed by atoms with E-state index in [1.54, 1.807) is 18.5 Å². The minimum absolute atomic E-state index is 0.000696. The second-order valence-corrected chi connectivity index (χ2v) is 7.40. The SMILES string of the molecule is O=C(NC1CCCC1)N1CCCC1Cn1nc(-c2cccnc2)ccc1=O. The molecule has 4 rings (SSSR count). The van der Waals surface area contributed by atoms with E-state index in [2.05, 4.69) is 15.4 Å². The van der Waals surface area contributed by atoms with Crippen molar-refractivity contribution in [2.45, 2.75) is 57.2 Å². The molecule has 0 aromatic carbocycles. The van der Waals surface area contributed by atoms with E-state index in [0.717, 1.165) is 37.8 Å². The molecule has 0 spiro atoms. The fourth-order valence-electron chi connectivity index (χ4n) is 4.07. The van der Waals surface area contributed by atoms with Gasteiger partial charge in [0.1, 0.15) is 0 Å². The predicted octanol–water partition coefficient (Wildman–Crippen LogP) is 2.42. The molecule has 7 nitrogen and oxygen atoms in total. The Morgan fingerprint density at radius 3 is 2.78 bits per heavy atom. The number of nitrogens with one attached hydrogen (secondary N) is 1. The molecule has 2 aliphatic rings. The molecular weight excluding hydrogens is 342 g/mol. The monoisotopic (exact) mass is 367 g/mol. The number of rotatable bonds is 4. The third-order valence-electron chi connectivity index (χ3n) is 5.53. The summed E-state index contributed by atoms with van der Waals surface area (Å²) in [7, 11) is 0. The molecule has 1 unspecified atom stereocenters. The van der Waals surface area contributed by atoms with Gasteiger partial charge >= 0.3 is 6.03 Å². The number of carbonyl (C=O) groups excluding carboxylic acids is 1. The van der Waals surface area contributed by atoms with E-state index in [1.165, 1.54) is 23.6 Å². The molecule has 2 fully saturated rings. The van der Waals surface area contributed by atoms with Crippen molar-refractivity contribution < 1.29 is 4.79 Å². The first kappa shape index (κ1) is 17.7. The molecule has 2 aromatic rings. The summed E-state index contributed by atoms with van der Waals surface area (Å²) in [5, 5.41) is 7.67. The topological polar surface area (TPSA) is 80.1 Å². The number of amides is 2. The van der Waals surface area contributed by atoms with E-state index in [0.29, 0.717) is 18.3 Å². The largest absolute Gasteiger partial charge is 0.335 e. The summed E-state index contributed by atoms with van der Waals surface area (Å²) in [4.78, 5) is 31.0. The fraction of sp³-hybridized carbons (Fsp3) is 0.500. The van der Waals surface area contributed by atoms with Crippen LogP contribution in [0.4, 0.5) is 4.79 Å². The zero-order chi connectivity index (χ0) is 18.6. The van der Waals surface area contributed by atoms with Gasteiger partial charge in [-0.1, -0.05) is 12.8 Å². The van der Waals surface area contributed by atoms with E-state index in [9.17, 15) is 9.59 Å². The van der Waals surface area contributed by atoms with Crippen LogP contribution in [-0.2, 0) is 6.54 Å². The van der Waals surface area contributed by atoms with Crippen LogP contribution in [0.25, 0.3) is 11.3 Å². The van der Waals surface area contributed by atoms with Gasteiger partial charge in [-0.25, -0.2) is 9.48 Å². The Kier molecular flexibility index (Phi) is 5.18. The maximum Gasteiger partial charge on any atom is 0.317 e. The van der Waals surface area contributed by atoms with Gasteiger partial charge in [0, 0.05) is 36.6 Å². The highest BCUT2D eigenvalue weighted by Gasteiger charge is 2.31. The van der Waals surface area contributed by atoms with Crippen LogP contribution in [0.2, 0.25) is 0 Å². The highest BCUT2D eigenvalue weighted by molar-refractivity contribution is 5.75. The molecule has 1 N–H and O–H groups in total. The van der Waals surface area contributed by atoms with Crippen LogP contribution in [-0.4, -0.2) is 44.3 Å². The van der Waals surface area contributed by atoms with Crippen LogP contribution >= 0.6 is 0 Å². The number of pyridine rings is 1. The van der Waals surface area contributed by atoms with Gasteiger partial charge in [0.25, 0.3) is 5.56 Å². The number of likely N-dealkylation sites (tertiary alicyclic amines) is 1. The van der Waals surface area contributed by atoms with E-state index in [1.807, 2.05) is 17.0 Å². The Balaban J connectivity index is 1.49. The number of aromatic nitrogens is 3. The van der Waals surface area contributed by atoms with Gasteiger partial charge in [0.2, 0.25) is 0 Å². The smallest absolute Gasteiger partial charge is 0.317 e.